The highest BCUT2D eigenvalue weighted by atomic mass is 16.4. The summed E-state index contributed by atoms with van der Waals surface area (Å²) in [6.45, 7) is 7.53. The van der Waals surface area contributed by atoms with Crippen molar-refractivity contribution < 1.29 is 14.7 Å². The summed E-state index contributed by atoms with van der Waals surface area (Å²) >= 11 is 0. The Hall–Kier alpha value is -1.26. The largest absolute Gasteiger partial charge is 0.481 e. The summed E-state index contributed by atoms with van der Waals surface area (Å²) in [5.41, 5.74) is 0. The van der Waals surface area contributed by atoms with Crippen molar-refractivity contribution in [3.05, 3.63) is 0 Å². The van der Waals surface area contributed by atoms with Gasteiger partial charge in [-0.25, -0.2) is 4.79 Å². The van der Waals surface area contributed by atoms with Crippen molar-refractivity contribution in [3.8, 4) is 0 Å². The van der Waals surface area contributed by atoms with Crippen molar-refractivity contribution in [2.24, 2.45) is 11.8 Å². The average Bonchev–Trinajstić information content (AvgIpc) is 2.46. The second kappa shape index (κ2) is 8.90. The third-order valence-electron chi connectivity index (χ3n) is 4.57. The molecule has 0 aromatic heterocycles. The number of carbonyl (C=O) groups excluding carboxylic acids is 1. The average molecular weight is 298 g/mol. The Kier molecular flexibility index (Phi) is 7.54. The third-order valence-corrected chi connectivity index (χ3v) is 4.57. The van der Waals surface area contributed by atoms with Crippen LogP contribution >= 0.6 is 0 Å². The monoisotopic (exact) mass is 298 g/mol. The van der Waals surface area contributed by atoms with E-state index in [1.54, 1.807) is 4.90 Å². The minimum atomic E-state index is -0.743. The van der Waals surface area contributed by atoms with Crippen LogP contribution in [0, 0.1) is 11.8 Å². The van der Waals surface area contributed by atoms with Crippen LogP contribution in [-0.2, 0) is 4.79 Å². The summed E-state index contributed by atoms with van der Waals surface area (Å²) < 4.78 is 0. The highest BCUT2D eigenvalue weighted by Crippen LogP contribution is 2.23. The molecule has 1 aliphatic rings. The van der Waals surface area contributed by atoms with E-state index in [4.69, 9.17) is 5.11 Å². The van der Waals surface area contributed by atoms with Gasteiger partial charge in [0.2, 0.25) is 0 Å². The third kappa shape index (κ3) is 5.56. The fraction of sp³-hybridized carbons (Fsp3) is 0.875. The molecule has 0 aromatic carbocycles. The summed E-state index contributed by atoms with van der Waals surface area (Å²) in [7, 11) is 0. The molecular weight excluding hydrogens is 268 g/mol. The number of nitrogens with one attached hydrogen (secondary N) is 1. The number of carboxylic acids is 1. The summed E-state index contributed by atoms with van der Waals surface area (Å²) in [6, 6.07) is -0.0446. The molecule has 1 fully saturated rings. The van der Waals surface area contributed by atoms with Crippen molar-refractivity contribution >= 4 is 12.0 Å². The van der Waals surface area contributed by atoms with Crippen molar-refractivity contribution in [2.75, 3.05) is 13.1 Å². The predicted molar refractivity (Wildman–Crippen MR) is 83.2 cm³/mol. The number of nitrogens with zero attached hydrogens (tertiary/aromatic N) is 1. The zero-order chi connectivity index (χ0) is 15.8. The molecule has 1 saturated heterocycles. The van der Waals surface area contributed by atoms with Crippen LogP contribution in [-0.4, -0.2) is 41.1 Å². The van der Waals surface area contributed by atoms with Crippen LogP contribution in [0.4, 0.5) is 4.79 Å². The molecule has 2 N–H and O–H groups in total. The first-order chi connectivity index (χ1) is 9.99. The molecular formula is C16H30N2O3. The zero-order valence-electron chi connectivity index (χ0n) is 13.6. The Morgan fingerprint density at radius 3 is 2.62 bits per heavy atom. The SMILES string of the molecule is CCCCC(CC)CNC(=O)N1CCC(C(=O)O)CC1C. The van der Waals surface area contributed by atoms with E-state index in [0.717, 1.165) is 19.4 Å². The van der Waals surface area contributed by atoms with Gasteiger partial charge in [-0.05, 0) is 32.1 Å². The normalized spacial score (nSPS) is 23.7. The maximum Gasteiger partial charge on any atom is 0.317 e. The smallest absolute Gasteiger partial charge is 0.317 e. The van der Waals surface area contributed by atoms with Gasteiger partial charge in [0.15, 0.2) is 0 Å². The molecule has 0 aliphatic carbocycles. The van der Waals surface area contributed by atoms with E-state index in [0.29, 0.717) is 25.3 Å². The van der Waals surface area contributed by atoms with Crippen molar-refractivity contribution in [1.29, 1.82) is 0 Å². The first-order valence-corrected chi connectivity index (χ1v) is 8.26. The van der Waals surface area contributed by atoms with Crippen LogP contribution in [0.2, 0.25) is 0 Å². The number of carbonyl (C=O) groups is 2. The molecule has 5 heteroatoms. The van der Waals surface area contributed by atoms with Crippen molar-refractivity contribution in [1.82, 2.24) is 10.2 Å². The molecule has 1 aliphatic heterocycles. The van der Waals surface area contributed by atoms with E-state index in [2.05, 4.69) is 19.2 Å². The zero-order valence-corrected chi connectivity index (χ0v) is 13.6. The maximum absolute atomic E-state index is 12.2. The topological polar surface area (TPSA) is 69.6 Å². The minimum Gasteiger partial charge on any atom is -0.481 e. The van der Waals surface area contributed by atoms with Gasteiger partial charge in [0, 0.05) is 19.1 Å². The number of likely N-dealkylation sites (tertiary alicyclic amines) is 1. The lowest BCUT2D eigenvalue weighted by Gasteiger charge is -2.36. The minimum absolute atomic E-state index is 0.00410. The van der Waals surface area contributed by atoms with Gasteiger partial charge in [-0.1, -0.05) is 33.1 Å². The Bertz CT molecular complexity index is 346. The Labute approximate surface area is 128 Å². The highest BCUT2D eigenvalue weighted by molar-refractivity contribution is 5.75. The molecule has 0 saturated carbocycles. The summed E-state index contributed by atoms with van der Waals surface area (Å²) in [5.74, 6) is -0.509. The van der Waals surface area contributed by atoms with Crippen LogP contribution in [0.1, 0.15) is 59.3 Å². The first-order valence-electron chi connectivity index (χ1n) is 8.26. The van der Waals surface area contributed by atoms with Gasteiger partial charge in [-0.3, -0.25) is 4.79 Å². The van der Waals surface area contributed by atoms with Gasteiger partial charge in [-0.2, -0.15) is 0 Å². The van der Waals surface area contributed by atoms with Gasteiger partial charge in [0.05, 0.1) is 5.92 Å². The predicted octanol–water partition coefficient (Wildman–Crippen LogP) is 3.10. The lowest BCUT2D eigenvalue weighted by atomic mass is 9.92. The Balaban J connectivity index is 2.40. The summed E-state index contributed by atoms with van der Waals surface area (Å²) in [4.78, 5) is 25.0. The number of hydrogen-bond acceptors (Lipinski definition) is 2. The Morgan fingerprint density at radius 1 is 1.38 bits per heavy atom. The molecule has 0 radical (unpaired) electrons. The molecule has 1 heterocycles. The number of aliphatic carboxylic acids is 1. The van der Waals surface area contributed by atoms with E-state index in [-0.39, 0.29) is 18.0 Å². The summed E-state index contributed by atoms with van der Waals surface area (Å²) in [6.07, 6.45) is 5.73. The number of piperidine rings is 1. The van der Waals surface area contributed by atoms with Crippen LogP contribution in [0.25, 0.3) is 0 Å². The van der Waals surface area contributed by atoms with E-state index in [1.165, 1.54) is 12.8 Å². The van der Waals surface area contributed by atoms with E-state index < -0.39 is 5.97 Å². The summed E-state index contributed by atoms with van der Waals surface area (Å²) in [5, 5.41) is 12.1. The quantitative estimate of drug-likeness (QED) is 0.759. The number of carboxylic acid groups (broad SMARTS) is 1. The molecule has 0 spiro atoms. The van der Waals surface area contributed by atoms with Crippen LogP contribution in [0.5, 0.6) is 0 Å². The maximum atomic E-state index is 12.2. The number of urea groups is 1. The molecule has 3 atom stereocenters. The second-order valence-electron chi connectivity index (χ2n) is 6.20. The molecule has 1 rings (SSSR count). The standard InChI is InChI=1S/C16H30N2O3/c1-4-6-7-13(5-2)11-17-16(21)18-9-8-14(15(19)20)10-12(18)3/h12-14H,4-11H2,1-3H3,(H,17,21)(H,19,20). The van der Waals surface area contributed by atoms with Gasteiger partial charge in [0.1, 0.15) is 0 Å². The number of hydrogen-bond donors (Lipinski definition) is 2. The fourth-order valence-corrected chi connectivity index (χ4v) is 2.97. The lowest BCUT2D eigenvalue weighted by Crippen LogP contribution is -2.50. The van der Waals surface area contributed by atoms with Gasteiger partial charge in [0.25, 0.3) is 0 Å². The second-order valence-corrected chi connectivity index (χ2v) is 6.20. The van der Waals surface area contributed by atoms with Gasteiger partial charge in [-0.15, -0.1) is 0 Å². The molecule has 21 heavy (non-hydrogen) atoms. The number of amides is 2. The van der Waals surface area contributed by atoms with Crippen molar-refractivity contribution in [3.63, 3.8) is 0 Å². The van der Waals surface area contributed by atoms with Gasteiger partial charge >= 0.3 is 12.0 Å². The molecule has 5 nitrogen and oxygen atoms in total. The number of unbranched alkanes of at least 4 members (excludes halogenated alkanes) is 1. The fourth-order valence-electron chi connectivity index (χ4n) is 2.97. The van der Waals surface area contributed by atoms with Crippen molar-refractivity contribution in [2.45, 2.75) is 65.3 Å². The first kappa shape index (κ1) is 17.8. The van der Waals surface area contributed by atoms with E-state index in [1.807, 2.05) is 6.92 Å². The lowest BCUT2D eigenvalue weighted by molar-refractivity contribution is -0.143. The highest BCUT2D eigenvalue weighted by Gasteiger charge is 2.32. The molecule has 3 unspecified atom stereocenters. The number of rotatable bonds is 7. The van der Waals surface area contributed by atoms with E-state index in [9.17, 15) is 9.59 Å². The van der Waals surface area contributed by atoms with Crippen LogP contribution in [0.15, 0.2) is 0 Å². The Morgan fingerprint density at radius 2 is 2.10 bits per heavy atom. The van der Waals surface area contributed by atoms with Crippen LogP contribution < -0.4 is 5.32 Å². The van der Waals surface area contributed by atoms with E-state index >= 15 is 0 Å². The van der Waals surface area contributed by atoms with Crippen LogP contribution in [0.3, 0.4) is 0 Å². The van der Waals surface area contributed by atoms with Gasteiger partial charge < -0.3 is 15.3 Å². The molecule has 0 bridgehead atoms. The molecule has 122 valence electrons. The molecule has 2 amide bonds. The molecule has 0 aromatic rings.